The molecule has 1 nitrogen and oxygen atoms in total. The van der Waals surface area contributed by atoms with E-state index in [0.717, 1.165) is 12.0 Å². The Morgan fingerprint density at radius 3 is 2.33 bits per heavy atom. The van der Waals surface area contributed by atoms with Gasteiger partial charge in [0.15, 0.2) is 0 Å². The largest absolute Gasteiger partial charge is 0.308 e. The Kier molecular flexibility index (Phi) is 4.96. The van der Waals surface area contributed by atoms with Crippen molar-refractivity contribution in [1.82, 2.24) is 5.32 Å². The first-order chi connectivity index (χ1) is 8.11. The maximum atomic E-state index is 13.4. The summed E-state index contributed by atoms with van der Waals surface area (Å²) in [5.74, 6) is -0.206. The fourth-order valence-corrected chi connectivity index (χ4v) is 2.81. The predicted molar refractivity (Wildman–Crippen MR) is 79.1 cm³/mol. The number of benzene rings is 1. The van der Waals surface area contributed by atoms with Crippen LogP contribution in [0.1, 0.15) is 46.6 Å². The van der Waals surface area contributed by atoms with Crippen LogP contribution >= 0.6 is 15.9 Å². The Balaban J connectivity index is 2.67. The van der Waals surface area contributed by atoms with Gasteiger partial charge in [0.25, 0.3) is 0 Å². The van der Waals surface area contributed by atoms with Gasteiger partial charge in [0.2, 0.25) is 0 Å². The second kappa shape index (κ2) is 5.70. The molecule has 0 aromatic heterocycles. The molecule has 3 heteroatoms. The SMILES string of the molecule is CC(C)(C)CC(C)(C)NCc1cccc(F)c1Br. The van der Waals surface area contributed by atoms with E-state index in [-0.39, 0.29) is 16.8 Å². The van der Waals surface area contributed by atoms with Gasteiger partial charge in [-0.05, 0) is 53.2 Å². The van der Waals surface area contributed by atoms with Crippen molar-refractivity contribution in [3.8, 4) is 0 Å². The highest BCUT2D eigenvalue weighted by Gasteiger charge is 2.25. The Morgan fingerprint density at radius 1 is 1.17 bits per heavy atom. The fraction of sp³-hybridized carbons (Fsp3) is 0.600. The van der Waals surface area contributed by atoms with Crippen LogP contribution in [0.15, 0.2) is 22.7 Å². The second-order valence-corrected chi connectivity index (χ2v) is 7.48. The van der Waals surface area contributed by atoms with Gasteiger partial charge in [0, 0.05) is 12.1 Å². The van der Waals surface area contributed by atoms with E-state index in [9.17, 15) is 4.39 Å². The molecular formula is C15H23BrFN. The van der Waals surface area contributed by atoms with E-state index in [1.165, 1.54) is 6.07 Å². The van der Waals surface area contributed by atoms with Crippen LogP contribution in [0.4, 0.5) is 4.39 Å². The summed E-state index contributed by atoms with van der Waals surface area (Å²) in [6, 6.07) is 5.15. The average Bonchev–Trinajstić information content (AvgIpc) is 2.17. The summed E-state index contributed by atoms with van der Waals surface area (Å²) >= 11 is 3.29. The van der Waals surface area contributed by atoms with Gasteiger partial charge >= 0.3 is 0 Å². The minimum absolute atomic E-state index is 0.0318. The summed E-state index contributed by atoms with van der Waals surface area (Å²) in [6.07, 6.45) is 1.06. The Labute approximate surface area is 118 Å². The first-order valence-corrected chi connectivity index (χ1v) is 7.08. The molecule has 1 aromatic carbocycles. The number of hydrogen-bond donors (Lipinski definition) is 1. The van der Waals surface area contributed by atoms with Gasteiger partial charge in [-0.15, -0.1) is 0 Å². The molecule has 1 rings (SSSR count). The van der Waals surface area contributed by atoms with Crippen LogP contribution in [0.25, 0.3) is 0 Å². The summed E-state index contributed by atoms with van der Waals surface area (Å²) in [6.45, 7) is 11.7. The molecule has 0 atom stereocenters. The summed E-state index contributed by atoms with van der Waals surface area (Å²) in [5.41, 5.74) is 1.26. The molecule has 0 radical (unpaired) electrons. The average molecular weight is 316 g/mol. The lowest BCUT2D eigenvalue weighted by Gasteiger charge is -2.33. The van der Waals surface area contributed by atoms with Gasteiger partial charge in [-0.3, -0.25) is 0 Å². The topological polar surface area (TPSA) is 12.0 Å². The highest BCUT2D eigenvalue weighted by molar-refractivity contribution is 9.10. The molecule has 0 aliphatic carbocycles. The van der Waals surface area contributed by atoms with Crippen LogP contribution < -0.4 is 5.32 Å². The molecule has 0 fully saturated rings. The second-order valence-electron chi connectivity index (χ2n) is 6.69. The van der Waals surface area contributed by atoms with Crippen LogP contribution in [-0.4, -0.2) is 5.54 Å². The van der Waals surface area contributed by atoms with E-state index >= 15 is 0 Å². The monoisotopic (exact) mass is 315 g/mol. The minimum atomic E-state index is -0.206. The van der Waals surface area contributed by atoms with Crippen LogP contribution in [-0.2, 0) is 6.54 Å². The molecule has 0 heterocycles. The quantitative estimate of drug-likeness (QED) is 0.834. The maximum Gasteiger partial charge on any atom is 0.137 e. The van der Waals surface area contributed by atoms with Crippen molar-refractivity contribution in [2.45, 2.75) is 53.1 Å². The van der Waals surface area contributed by atoms with Gasteiger partial charge in [-0.1, -0.05) is 32.9 Å². The molecular weight excluding hydrogens is 293 g/mol. The Hall–Kier alpha value is -0.410. The lowest BCUT2D eigenvalue weighted by Crippen LogP contribution is -2.41. The zero-order valence-corrected chi connectivity index (χ0v) is 13.5. The summed E-state index contributed by atoms with van der Waals surface area (Å²) in [7, 11) is 0. The third kappa shape index (κ3) is 5.07. The molecule has 0 spiro atoms. The lowest BCUT2D eigenvalue weighted by atomic mass is 9.82. The van der Waals surface area contributed by atoms with E-state index in [2.05, 4.69) is 55.9 Å². The Bertz CT molecular complexity index is 407. The van der Waals surface area contributed by atoms with Crippen LogP contribution in [0.5, 0.6) is 0 Å². The number of hydrogen-bond acceptors (Lipinski definition) is 1. The first kappa shape index (κ1) is 15.6. The zero-order valence-electron chi connectivity index (χ0n) is 11.9. The van der Waals surface area contributed by atoms with Crippen molar-refractivity contribution in [3.05, 3.63) is 34.1 Å². The Morgan fingerprint density at radius 2 is 1.78 bits per heavy atom. The van der Waals surface area contributed by atoms with E-state index in [0.29, 0.717) is 11.0 Å². The van der Waals surface area contributed by atoms with Gasteiger partial charge in [0.1, 0.15) is 5.82 Å². The molecule has 102 valence electrons. The molecule has 1 N–H and O–H groups in total. The normalized spacial score (nSPS) is 12.8. The molecule has 0 saturated heterocycles. The lowest BCUT2D eigenvalue weighted by molar-refractivity contribution is 0.240. The van der Waals surface area contributed by atoms with Gasteiger partial charge in [0.05, 0.1) is 4.47 Å². The third-order valence-electron chi connectivity index (χ3n) is 2.76. The van der Waals surface area contributed by atoms with Gasteiger partial charge in [-0.25, -0.2) is 4.39 Å². The summed E-state index contributed by atoms with van der Waals surface area (Å²) in [5, 5.41) is 3.50. The van der Waals surface area contributed by atoms with Gasteiger partial charge in [-0.2, -0.15) is 0 Å². The summed E-state index contributed by atoms with van der Waals surface area (Å²) in [4.78, 5) is 0. The minimum Gasteiger partial charge on any atom is -0.308 e. The fourth-order valence-electron chi connectivity index (χ4n) is 2.41. The number of rotatable bonds is 4. The molecule has 0 bridgehead atoms. The van der Waals surface area contributed by atoms with Crippen LogP contribution in [0.2, 0.25) is 0 Å². The van der Waals surface area contributed by atoms with E-state index in [4.69, 9.17) is 0 Å². The van der Waals surface area contributed by atoms with Crippen molar-refractivity contribution in [1.29, 1.82) is 0 Å². The molecule has 18 heavy (non-hydrogen) atoms. The van der Waals surface area contributed by atoms with E-state index in [1.54, 1.807) is 6.07 Å². The van der Waals surface area contributed by atoms with Crippen molar-refractivity contribution in [2.75, 3.05) is 0 Å². The highest BCUT2D eigenvalue weighted by atomic mass is 79.9. The number of nitrogens with one attached hydrogen (secondary N) is 1. The molecule has 0 unspecified atom stereocenters. The van der Waals surface area contributed by atoms with Gasteiger partial charge < -0.3 is 5.32 Å². The highest BCUT2D eigenvalue weighted by Crippen LogP contribution is 2.28. The zero-order chi connectivity index (χ0) is 14.0. The first-order valence-electron chi connectivity index (χ1n) is 6.29. The van der Waals surface area contributed by atoms with Crippen molar-refractivity contribution in [2.24, 2.45) is 5.41 Å². The predicted octanol–water partition coefficient (Wildman–Crippen LogP) is 4.89. The molecule has 1 aromatic rings. The maximum absolute atomic E-state index is 13.4. The molecule has 0 saturated carbocycles. The van der Waals surface area contributed by atoms with Crippen LogP contribution in [0, 0.1) is 11.2 Å². The smallest absolute Gasteiger partial charge is 0.137 e. The van der Waals surface area contributed by atoms with E-state index in [1.807, 2.05) is 6.07 Å². The van der Waals surface area contributed by atoms with Crippen molar-refractivity contribution in [3.63, 3.8) is 0 Å². The number of halogens is 2. The van der Waals surface area contributed by atoms with Crippen molar-refractivity contribution >= 4 is 15.9 Å². The van der Waals surface area contributed by atoms with E-state index < -0.39 is 0 Å². The van der Waals surface area contributed by atoms with Crippen LogP contribution in [0.3, 0.4) is 0 Å². The summed E-state index contributed by atoms with van der Waals surface area (Å²) < 4.78 is 14.0. The molecule has 0 aliphatic heterocycles. The molecule has 0 amide bonds. The molecule has 0 aliphatic rings. The third-order valence-corrected chi connectivity index (χ3v) is 3.65. The van der Waals surface area contributed by atoms with Crippen molar-refractivity contribution < 1.29 is 4.39 Å². The standard InChI is InChI=1S/C15H23BrFN/c1-14(2,3)10-15(4,5)18-9-11-7-6-8-12(17)13(11)16/h6-8,18H,9-10H2,1-5H3.